The van der Waals surface area contributed by atoms with Gasteiger partial charge in [0.05, 0.1) is 6.20 Å². The first-order chi connectivity index (χ1) is 9.13. The van der Waals surface area contributed by atoms with Crippen molar-refractivity contribution < 1.29 is 4.74 Å². The number of ether oxygens (including phenoxy) is 1. The molecule has 0 unspecified atom stereocenters. The van der Waals surface area contributed by atoms with Crippen molar-refractivity contribution in [1.82, 2.24) is 14.7 Å². The summed E-state index contributed by atoms with van der Waals surface area (Å²) in [5.74, 6) is 1.55. The quantitative estimate of drug-likeness (QED) is 0.903. The minimum absolute atomic E-state index is 0.298. The van der Waals surface area contributed by atoms with Gasteiger partial charge in [-0.05, 0) is 24.7 Å². The maximum absolute atomic E-state index is 5.99. The summed E-state index contributed by atoms with van der Waals surface area (Å²) in [7, 11) is 3.93. The first kappa shape index (κ1) is 12.0. The number of hydrogen-bond acceptors (Lipinski definition) is 4. The van der Waals surface area contributed by atoms with E-state index in [2.05, 4.69) is 17.0 Å². The van der Waals surface area contributed by atoms with E-state index >= 15 is 0 Å². The van der Waals surface area contributed by atoms with Crippen molar-refractivity contribution in [3.63, 3.8) is 0 Å². The smallest absolute Gasteiger partial charge is 0.129 e. The fraction of sp³-hybridized carbons (Fsp3) is 0.357. The molecule has 1 aliphatic heterocycles. The molecule has 2 aromatic rings. The molecule has 1 fully saturated rings. The highest BCUT2D eigenvalue weighted by Gasteiger charge is 2.24. The SMILES string of the molecule is CN1CC(Oc2cccc(-c3cnn(C)c3N)c2)C1. The third kappa shape index (κ3) is 2.29. The highest BCUT2D eigenvalue weighted by molar-refractivity contribution is 5.74. The Hall–Kier alpha value is -2.01. The number of nitrogen functional groups attached to an aromatic ring is 1. The van der Waals surface area contributed by atoms with Gasteiger partial charge in [-0.1, -0.05) is 12.1 Å². The number of nitrogens with two attached hydrogens (primary N) is 1. The summed E-state index contributed by atoms with van der Waals surface area (Å²) in [6.07, 6.45) is 2.08. The van der Waals surface area contributed by atoms with Crippen molar-refractivity contribution in [2.45, 2.75) is 6.10 Å². The molecule has 0 aliphatic carbocycles. The Bertz CT molecular complexity index is 587. The Balaban J connectivity index is 1.81. The molecular formula is C14H18N4O. The summed E-state index contributed by atoms with van der Waals surface area (Å²) in [6, 6.07) is 8.01. The Labute approximate surface area is 112 Å². The largest absolute Gasteiger partial charge is 0.488 e. The highest BCUT2D eigenvalue weighted by Crippen LogP contribution is 2.28. The van der Waals surface area contributed by atoms with E-state index < -0.39 is 0 Å². The van der Waals surface area contributed by atoms with Crippen molar-refractivity contribution in [2.75, 3.05) is 25.9 Å². The van der Waals surface area contributed by atoms with E-state index in [-0.39, 0.29) is 0 Å². The number of aryl methyl sites for hydroxylation is 1. The molecule has 0 amide bonds. The van der Waals surface area contributed by atoms with Crippen LogP contribution in [0.3, 0.4) is 0 Å². The van der Waals surface area contributed by atoms with Gasteiger partial charge in [-0.15, -0.1) is 0 Å². The van der Waals surface area contributed by atoms with Gasteiger partial charge in [-0.2, -0.15) is 5.10 Å². The van der Waals surface area contributed by atoms with E-state index in [1.54, 1.807) is 10.9 Å². The number of anilines is 1. The third-order valence-corrected chi connectivity index (χ3v) is 3.46. The third-order valence-electron chi connectivity index (χ3n) is 3.46. The van der Waals surface area contributed by atoms with Gasteiger partial charge in [0.25, 0.3) is 0 Å². The minimum Gasteiger partial charge on any atom is -0.488 e. The van der Waals surface area contributed by atoms with Crippen LogP contribution >= 0.6 is 0 Å². The van der Waals surface area contributed by atoms with E-state index in [4.69, 9.17) is 10.5 Å². The predicted octanol–water partition coefficient (Wildman–Crippen LogP) is 1.36. The second-order valence-corrected chi connectivity index (χ2v) is 5.06. The van der Waals surface area contributed by atoms with E-state index in [1.165, 1.54) is 0 Å². The van der Waals surface area contributed by atoms with Gasteiger partial charge >= 0.3 is 0 Å². The monoisotopic (exact) mass is 258 g/mol. The fourth-order valence-electron chi connectivity index (χ4n) is 2.32. The van der Waals surface area contributed by atoms with E-state index in [9.17, 15) is 0 Å². The van der Waals surface area contributed by atoms with E-state index in [1.807, 2.05) is 31.3 Å². The number of rotatable bonds is 3. The van der Waals surface area contributed by atoms with Crippen LogP contribution in [0.2, 0.25) is 0 Å². The maximum atomic E-state index is 5.99. The summed E-state index contributed by atoms with van der Waals surface area (Å²) < 4.78 is 7.59. The van der Waals surface area contributed by atoms with Crippen molar-refractivity contribution in [2.24, 2.45) is 7.05 Å². The molecule has 3 rings (SSSR count). The normalized spacial score (nSPS) is 16.3. The molecule has 2 heterocycles. The molecule has 1 aromatic heterocycles. The lowest BCUT2D eigenvalue weighted by Gasteiger charge is -2.36. The number of likely N-dealkylation sites (N-methyl/N-ethyl adjacent to an activating group) is 1. The molecule has 0 radical (unpaired) electrons. The van der Waals surface area contributed by atoms with E-state index in [0.717, 1.165) is 30.0 Å². The number of hydrogen-bond donors (Lipinski definition) is 1. The van der Waals surface area contributed by atoms with Gasteiger partial charge in [-0.3, -0.25) is 9.58 Å². The Morgan fingerprint density at radius 2 is 2.11 bits per heavy atom. The molecule has 0 spiro atoms. The minimum atomic E-state index is 0.298. The maximum Gasteiger partial charge on any atom is 0.129 e. The molecule has 0 saturated carbocycles. The molecule has 100 valence electrons. The highest BCUT2D eigenvalue weighted by atomic mass is 16.5. The van der Waals surface area contributed by atoms with Crippen LogP contribution in [0, 0.1) is 0 Å². The van der Waals surface area contributed by atoms with Crippen LogP contribution < -0.4 is 10.5 Å². The standard InChI is InChI=1S/C14H18N4O/c1-17-8-12(9-17)19-11-5-3-4-10(6-11)13-7-16-18(2)14(13)15/h3-7,12H,8-9,15H2,1-2H3. The lowest BCUT2D eigenvalue weighted by atomic mass is 10.1. The van der Waals surface area contributed by atoms with Gasteiger partial charge in [0.1, 0.15) is 17.7 Å². The molecule has 0 atom stereocenters. The molecule has 5 nitrogen and oxygen atoms in total. The van der Waals surface area contributed by atoms with Gasteiger partial charge < -0.3 is 10.5 Å². The van der Waals surface area contributed by atoms with Crippen LogP contribution in [-0.2, 0) is 7.05 Å². The zero-order valence-corrected chi connectivity index (χ0v) is 11.2. The Kier molecular flexibility index (Phi) is 2.91. The first-order valence-corrected chi connectivity index (χ1v) is 6.36. The summed E-state index contributed by atoms with van der Waals surface area (Å²) in [5.41, 5.74) is 7.98. The van der Waals surface area contributed by atoms with Crippen molar-refractivity contribution in [1.29, 1.82) is 0 Å². The van der Waals surface area contributed by atoms with Gasteiger partial charge in [-0.25, -0.2) is 0 Å². The fourth-order valence-corrected chi connectivity index (χ4v) is 2.32. The van der Waals surface area contributed by atoms with Crippen LogP contribution in [0.25, 0.3) is 11.1 Å². The average molecular weight is 258 g/mol. The molecule has 19 heavy (non-hydrogen) atoms. The summed E-state index contributed by atoms with van der Waals surface area (Å²) in [4.78, 5) is 2.23. The summed E-state index contributed by atoms with van der Waals surface area (Å²) in [6.45, 7) is 1.97. The van der Waals surface area contributed by atoms with Crippen molar-refractivity contribution in [3.8, 4) is 16.9 Å². The molecule has 1 aliphatic rings. The second-order valence-electron chi connectivity index (χ2n) is 5.06. The first-order valence-electron chi connectivity index (χ1n) is 6.36. The van der Waals surface area contributed by atoms with Crippen molar-refractivity contribution >= 4 is 5.82 Å². The number of likely N-dealkylation sites (tertiary alicyclic amines) is 1. The molecule has 1 aromatic carbocycles. The van der Waals surface area contributed by atoms with Crippen LogP contribution in [0.15, 0.2) is 30.5 Å². The molecule has 1 saturated heterocycles. The Morgan fingerprint density at radius 1 is 1.32 bits per heavy atom. The topological polar surface area (TPSA) is 56.3 Å². The summed E-state index contributed by atoms with van der Waals surface area (Å²) >= 11 is 0. The predicted molar refractivity (Wildman–Crippen MR) is 75.0 cm³/mol. The van der Waals surface area contributed by atoms with E-state index in [0.29, 0.717) is 11.9 Å². The number of aromatic nitrogens is 2. The second kappa shape index (κ2) is 4.59. The average Bonchev–Trinajstić information content (AvgIpc) is 2.69. The number of nitrogens with zero attached hydrogens (tertiary/aromatic N) is 3. The molecule has 2 N–H and O–H groups in total. The Morgan fingerprint density at radius 3 is 2.74 bits per heavy atom. The van der Waals surface area contributed by atoms with Gasteiger partial charge in [0.2, 0.25) is 0 Å². The van der Waals surface area contributed by atoms with Gasteiger partial charge in [0.15, 0.2) is 0 Å². The van der Waals surface area contributed by atoms with Gasteiger partial charge in [0, 0.05) is 25.7 Å². The lowest BCUT2D eigenvalue weighted by molar-refractivity contribution is 0.0389. The van der Waals surface area contributed by atoms with Crippen molar-refractivity contribution in [3.05, 3.63) is 30.5 Å². The number of benzene rings is 1. The van der Waals surface area contributed by atoms with Crippen LogP contribution in [0.1, 0.15) is 0 Å². The van der Waals surface area contributed by atoms with Crippen LogP contribution in [0.4, 0.5) is 5.82 Å². The summed E-state index contributed by atoms with van der Waals surface area (Å²) in [5, 5.41) is 4.16. The van der Waals surface area contributed by atoms with Crippen LogP contribution in [-0.4, -0.2) is 40.9 Å². The molecule has 0 bridgehead atoms. The zero-order valence-electron chi connectivity index (χ0n) is 11.2. The zero-order chi connectivity index (χ0) is 13.4. The molecular weight excluding hydrogens is 240 g/mol. The lowest BCUT2D eigenvalue weighted by Crippen LogP contribution is -2.51. The van der Waals surface area contributed by atoms with Crippen LogP contribution in [0.5, 0.6) is 5.75 Å². The molecule has 5 heteroatoms.